The molecule has 2 amide bonds. The Morgan fingerprint density at radius 2 is 1.65 bits per heavy atom. The Kier molecular flexibility index (Phi) is 9.11. The number of rotatable bonds is 10. The highest BCUT2D eigenvalue weighted by Crippen LogP contribution is 2.39. The molecule has 0 saturated carbocycles. The number of benzene rings is 1. The Morgan fingerprint density at radius 3 is 2.12 bits per heavy atom. The third-order valence-corrected chi connectivity index (χ3v) is 3.65. The lowest BCUT2D eigenvalue weighted by molar-refractivity contribution is -0.145. The Labute approximate surface area is 154 Å². The van der Waals surface area contributed by atoms with Gasteiger partial charge in [0.05, 0.1) is 33.6 Å². The van der Waals surface area contributed by atoms with Crippen LogP contribution in [-0.4, -0.2) is 46.0 Å². The van der Waals surface area contributed by atoms with E-state index < -0.39 is 18.0 Å². The van der Waals surface area contributed by atoms with Gasteiger partial charge in [-0.3, -0.25) is 0 Å². The maximum Gasteiger partial charge on any atom is 0.328 e. The number of methoxy groups -OCH3 is 3. The molecule has 1 aromatic rings. The predicted molar refractivity (Wildman–Crippen MR) is 98.2 cm³/mol. The minimum atomic E-state index is -0.697. The average molecular weight is 368 g/mol. The van der Waals surface area contributed by atoms with Crippen molar-refractivity contribution in [1.82, 2.24) is 5.32 Å². The molecule has 26 heavy (non-hydrogen) atoms. The Morgan fingerprint density at radius 1 is 1.04 bits per heavy atom. The number of esters is 1. The van der Waals surface area contributed by atoms with Crippen LogP contribution >= 0.6 is 0 Å². The molecule has 1 rings (SSSR count). The molecule has 0 radical (unpaired) electrons. The lowest BCUT2D eigenvalue weighted by atomic mass is 10.1. The van der Waals surface area contributed by atoms with Crippen LogP contribution < -0.4 is 24.8 Å². The van der Waals surface area contributed by atoms with E-state index in [-0.39, 0.29) is 6.61 Å². The van der Waals surface area contributed by atoms with Crippen LogP contribution in [0.2, 0.25) is 0 Å². The molecule has 1 unspecified atom stereocenters. The van der Waals surface area contributed by atoms with E-state index in [1.54, 1.807) is 19.1 Å². The van der Waals surface area contributed by atoms with E-state index in [0.717, 1.165) is 12.8 Å². The van der Waals surface area contributed by atoms with Crippen LogP contribution in [0.25, 0.3) is 0 Å². The molecule has 0 saturated heterocycles. The summed E-state index contributed by atoms with van der Waals surface area (Å²) in [6.45, 7) is 4.00. The second-order valence-electron chi connectivity index (χ2n) is 5.46. The summed E-state index contributed by atoms with van der Waals surface area (Å²) in [5, 5.41) is 5.32. The van der Waals surface area contributed by atoms with E-state index in [2.05, 4.69) is 10.6 Å². The van der Waals surface area contributed by atoms with Crippen molar-refractivity contribution in [2.24, 2.45) is 0 Å². The molecular weight excluding hydrogens is 340 g/mol. The van der Waals surface area contributed by atoms with Gasteiger partial charge >= 0.3 is 12.0 Å². The first-order valence-electron chi connectivity index (χ1n) is 8.54. The average Bonchev–Trinajstić information content (AvgIpc) is 2.64. The van der Waals surface area contributed by atoms with Gasteiger partial charge in [0.25, 0.3) is 0 Å². The highest BCUT2D eigenvalue weighted by molar-refractivity contribution is 5.93. The first-order chi connectivity index (χ1) is 12.5. The summed E-state index contributed by atoms with van der Waals surface area (Å²) in [7, 11) is 4.48. The normalized spacial score (nSPS) is 11.3. The van der Waals surface area contributed by atoms with Crippen LogP contribution in [0, 0.1) is 0 Å². The second kappa shape index (κ2) is 11.1. The van der Waals surface area contributed by atoms with E-state index in [9.17, 15) is 9.59 Å². The number of amides is 2. The van der Waals surface area contributed by atoms with Gasteiger partial charge < -0.3 is 29.6 Å². The standard InChI is InChI=1S/C18H28N2O6/c1-6-8-9-13(17(21)26-7-2)20-18(22)19-12-10-14(23-3)16(25-5)15(11-12)24-4/h10-11,13H,6-9H2,1-5H3,(H2,19,20,22). The zero-order valence-electron chi connectivity index (χ0n) is 16.0. The highest BCUT2D eigenvalue weighted by atomic mass is 16.5. The maximum atomic E-state index is 12.3. The first-order valence-corrected chi connectivity index (χ1v) is 8.54. The van der Waals surface area contributed by atoms with E-state index >= 15 is 0 Å². The molecule has 0 bridgehead atoms. The highest BCUT2D eigenvalue weighted by Gasteiger charge is 2.22. The van der Waals surface area contributed by atoms with Crippen molar-refractivity contribution >= 4 is 17.7 Å². The van der Waals surface area contributed by atoms with Gasteiger partial charge in [-0.05, 0) is 13.3 Å². The number of carbonyl (C=O) groups excluding carboxylic acids is 2. The van der Waals surface area contributed by atoms with Crippen molar-refractivity contribution in [1.29, 1.82) is 0 Å². The molecule has 1 aromatic carbocycles. The van der Waals surface area contributed by atoms with Crippen molar-refractivity contribution in [2.45, 2.75) is 39.2 Å². The first kappa shape index (κ1) is 21.4. The number of urea groups is 1. The summed E-state index contributed by atoms with van der Waals surface area (Å²) in [5.41, 5.74) is 0.440. The summed E-state index contributed by atoms with van der Waals surface area (Å²) in [6.07, 6.45) is 2.22. The van der Waals surface area contributed by atoms with Crippen molar-refractivity contribution in [3.8, 4) is 17.2 Å². The topological polar surface area (TPSA) is 95.1 Å². The number of carbonyl (C=O) groups is 2. The van der Waals surface area contributed by atoms with Gasteiger partial charge in [0.15, 0.2) is 11.5 Å². The summed E-state index contributed by atoms with van der Waals surface area (Å²) < 4.78 is 20.8. The smallest absolute Gasteiger partial charge is 0.328 e. The lowest BCUT2D eigenvalue weighted by Crippen LogP contribution is -2.43. The summed E-state index contributed by atoms with van der Waals surface area (Å²) in [6, 6.07) is 1.99. The van der Waals surface area contributed by atoms with Gasteiger partial charge in [0, 0.05) is 12.1 Å². The fourth-order valence-corrected chi connectivity index (χ4v) is 2.38. The molecule has 0 aromatic heterocycles. The SMILES string of the molecule is CCCCC(NC(=O)Nc1cc(OC)c(OC)c(OC)c1)C(=O)OCC. The maximum absolute atomic E-state index is 12.3. The number of unbranched alkanes of at least 4 members (excludes halogenated alkanes) is 1. The van der Waals surface area contributed by atoms with Crippen LogP contribution in [0.15, 0.2) is 12.1 Å². The summed E-state index contributed by atoms with van der Waals surface area (Å²) >= 11 is 0. The van der Waals surface area contributed by atoms with Gasteiger partial charge in [-0.25, -0.2) is 9.59 Å². The Hall–Kier alpha value is -2.64. The van der Waals surface area contributed by atoms with Gasteiger partial charge in [0.2, 0.25) is 5.75 Å². The molecule has 0 aliphatic rings. The molecule has 0 spiro atoms. The molecular formula is C18H28N2O6. The quantitative estimate of drug-likeness (QED) is 0.617. The third kappa shape index (κ3) is 6.02. The largest absolute Gasteiger partial charge is 0.493 e. The van der Waals surface area contributed by atoms with E-state index in [1.807, 2.05) is 6.92 Å². The van der Waals surface area contributed by atoms with Gasteiger partial charge in [-0.2, -0.15) is 0 Å². The predicted octanol–water partition coefficient (Wildman–Crippen LogP) is 2.96. The van der Waals surface area contributed by atoms with Gasteiger partial charge in [-0.15, -0.1) is 0 Å². The number of ether oxygens (including phenoxy) is 4. The summed E-state index contributed by atoms with van der Waals surface area (Å²) in [5.74, 6) is 0.805. The summed E-state index contributed by atoms with van der Waals surface area (Å²) in [4.78, 5) is 24.3. The molecule has 0 fully saturated rings. The molecule has 8 nitrogen and oxygen atoms in total. The number of anilines is 1. The minimum Gasteiger partial charge on any atom is -0.493 e. The molecule has 0 heterocycles. The second-order valence-corrected chi connectivity index (χ2v) is 5.46. The molecule has 8 heteroatoms. The van der Waals surface area contributed by atoms with Crippen molar-refractivity contribution < 1.29 is 28.5 Å². The van der Waals surface area contributed by atoms with Crippen molar-refractivity contribution in [3.05, 3.63) is 12.1 Å². The van der Waals surface area contributed by atoms with E-state index in [4.69, 9.17) is 18.9 Å². The fraction of sp³-hybridized carbons (Fsp3) is 0.556. The molecule has 0 aliphatic heterocycles. The van der Waals surface area contributed by atoms with Crippen molar-refractivity contribution in [2.75, 3.05) is 33.3 Å². The van der Waals surface area contributed by atoms with E-state index in [0.29, 0.717) is 29.4 Å². The Bertz CT molecular complexity index is 580. The molecule has 146 valence electrons. The number of nitrogens with one attached hydrogen (secondary N) is 2. The zero-order chi connectivity index (χ0) is 19.5. The van der Waals surface area contributed by atoms with Crippen LogP contribution in [0.1, 0.15) is 33.1 Å². The molecule has 2 N–H and O–H groups in total. The van der Waals surface area contributed by atoms with E-state index in [1.165, 1.54) is 21.3 Å². The lowest BCUT2D eigenvalue weighted by Gasteiger charge is -2.18. The van der Waals surface area contributed by atoms with Crippen molar-refractivity contribution in [3.63, 3.8) is 0 Å². The van der Waals surface area contributed by atoms with Crippen LogP contribution in [-0.2, 0) is 9.53 Å². The Balaban J connectivity index is 2.89. The fourth-order valence-electron chi connectivity index (χ4n) is 2.38. The van der Waals surface area contributed by atoms with Crippen LogP contribution in [0.3, 0.4) is 0 Å². The minimum absolute atomic E-state index is 0.262. The monoisotopic (exact) mass is 368 g/mol. The third-order valence-electron chi connectivity index (χ3n) is 3.65. The van der Waals surface area contributed by atoms with Crippen LogP contribution in [0.5, 0.6) is 17.2 Å². The molecule has 0 aliphatic carbocycles. The van der Waals surface area contributed by atoms with Gasteiger partial charge in [0.1, 0.15) is 6.04 Å². The molecule has 1 atom stereocenters. The number of hydrogen-bond acceptors (Lipinski definition) is 6. The van der Waals surface area contributed by atoms with Crippen LogP contribution in [0.4, 0.5) is 10.5 Å². The number of hydrogen-bond donors (Lipinski definition) is 2. The van der Waals surface area contributed by atoms with Gasteiger partial charge in [-0.1, -0.05) is 19.8 Å². The zero-order valence-corrected chi connectivity index (χ0v) is 16.0.